The molecule has 3 aromatic carbocycles. The van der Waals surface area contributed by atoms with Crippen LogP contribution in [-0.4, -0.2) is 31.1 Å². The fourth-order valence-corrected chi connectivity index (χ4v) is 4.88. The van der Waals surface area contributed by atoms with Crippen molar-refractivity contribution in [2.45, 2.75) is 38.6 Å². The molecule has 1 saturated heterocycles. The molecule has 0 radical (unpaired) electrons. The van der Waals surface area contributed by atoms with Crippen LogP contribution in [0.25, 0.3) is 0 Å². The molecule has 0 amide bonds. The van der Waals surface area contributed by atoms with Crippen molar-refractivity contribution in [3.63, 3.8) is 0 Å². The zero-order valence-corrected chi connectivity index (χ0v) is 21.2. The van der Waals surface area contributed by atoms with Gasteiger partial charge in [-0.3, -0.25) is 4.90 Å². The molecule has 0 atom stereocenters. The zero-order valence-electron chi connectivity index (χ0n) is 18.9. The minimum Gasteiger partial charge on any atom is -0.493 e. The molecular formula is C27H30BrClN2O2. The molecule has 1 aliphatic heterocycles. The van der Waals surface area contributed by atoms with Gasteiger partial charge in [0.25, 0.3) is 0 Å². The third-order valence-corrected chi connectivity index (χ3v) is 6.86. The summed E-state index contributed by atoms with van der Waals surface area (Å²) in [5.74, 6) is 1.44. The quantitative estimate of drug-likeness (QED) is 0.346. The van der Waals surface area contributed by atoms with E-state index in [1.165, 1.54) is 11.1 Å². The number of halogens is 2. The minimum atomic E-state index is 0.450. The van der Waals surface area contributed by atoms with Crippen LogP contribution >= 0.6 is 27.5 Å². The summed E-state index contributed by atoms with van der Waals surface area (Å²) in [6, 6.07) is 23.1. The molecule has 0 bridgehead atoms. The molecule has 0 unspecified atom stereocenters. The van der Waals surface area contributed by atoms with Crippen molar-refractivity contribution < 1.29 is 9.47 Å². The monoisotopic (exact) mass is 528 g/mol. The molecule has 4 nitrogen and oxygen atoms in total. The van der Waals surface area contributed by atoms with Gasteiger partial charge in [0.05, 0.1) is 11.6 Å². The van der Waals surface area contributed by atoms with E-state index < -0.39 is 0 Å². The Labute approximate surface area is 210 Å². The maximum atomic E-state index is 6.05. The minimum absolute atomic E-state index is 0.450. The van der Waals surface area contributed by atoms with Gasteiger partial charge < -0.3 is 14.8 Å². The first kappa shape index (κ1) is 24.1. The van der Waals surface area contributed by atoms with Crippen molar-refractivity contribution in [1.82, 2.24) is 10.2 Å². The second kappa shape index (κ2) is 11.9. The van der Waals surface area contributed by atoms with Gasteiger partial charge in [-0.15, -0.1) is 0 Å². The van der Waals surface area contributed by atoms with Crippen LogP contribution in [0.5, 0.6) is 11.5 Å². The van der Waals surface area contributed by atoms with Gasteiger partial charge in [-0.25, -0.2) is 0 Å². The van der Waals surface area contributed by atoms with Crippen LogP contribution < -0.4 is 14.8 Å². The molecular weight excluding hydrogens is 500 g/mol. The predicted octanol–water partition coefficient (Wildman–Crippen LogP) is 6.44. The number of methoxy groups -OCH3 is 1. The van der Waals surface area contributed by atoms with E-state index in [1.54, 1.807) is 7.11 Å². The highest BCUT2D eigenvalue weighted by Gasteiger charge is 2.19. The molecule has 0 aromatic heterocycles. The normalized spacial score (nSPS) is 14.9. The van der Waals surface area contributed by atoms with Crippen LogP contribution in [0.3, 0.4) is 0 Å². The van der Waals surface area contributed by atoms with E-state index in [0.717, 1.165) is 59.8 Å². The largest absolute Gasteiger partial charge is 0.493 e. The molecule has 1 aliphatic rings. The van der Waals surface area contributed by atoms with Crippen molar-refractivity contribution >= 4 is 27.5 Å². The SMILES string of the molecule is COc1cc(CNC2CCN(Cc3ccccc3)CC2)cc(Br)c1OCc1ccc(Cl)cc1. The molecule has 33 heavy (non-hydrogen) atoms. The lowest BCUT2D eigenvalue weighted by atomic mass is 10.0. The lowest BCUT2D eigenvalue weighted by Crippen LogP contribution is -2.41. The van der Waals surface area contributed by atoms with Crippen LogP contribution in [0, 0.1) is 0 Å². The van der Waals surface area contributed by atoms with Gasteiger partial charge in [0.1, 0.15) is 6.61 Å². The third-order valence-electron chi connectivity index (χ3n) is 6.02. The van der Waals surface area contributed by atoms with E-state index in [-0.39, 0.29) is 0 Å². The molecule has 174 valence electrons. The van der Waals surface area contributed by atoms with Crippen LogP contribution in [0.2, 0.25) is 5.02 Å². The number of likely N-dealkylation sites (tertiary alicyclic amines) is 1. The van der Waals surface area contributed by atoms with Crippen molar-refractivity contribution in [1.29, 1.82) is 0 Å². The lowest BCUT2D eigenvalue weighted by molar-refractivity contribution is 0.190. The summed E-state index contributed by atoms with van der Waals surface area (Å²) < 4.78 is 12.6. The van der Waals surface area contributed by atoms with E-state index in [9.17, 15) is 0 Å². The van der Waals surface area contributed by atoms with E-state index in [4.69, 9.17) is 21.1 Å². The number of nitrogens with zero attached hydrogens (tertiary/aromatic N) is 1. The smallest absolute Gasteiger partial charge is 0.175 e. The Kier molecular flexibility index (Phi) is 8.68. The van der Waals surface area contributed by atoms with E-state index in [0.29, 0.717) is 18.4 Å². The Morgan fingerprint density at radius 2 is 1.70 bits per heavy atom. The second-order valence-corrected chi connectivity index (χ2v) is 9.73. The Bertz CT molecular complexity index is 1020. The van der Waals surface area contributed by atoms with Gasteiger partial charge in [-0.1, -0.05) is 54.1 Å². The maximum Gasteiger partial charge on any atom is 0.175 e. The van der Waals surface area contributed by atoms with Crippen LogP contribution in [0.4, 0.5) is 0 Å². The summed E-state index contributed by atoms with van der Waals surface area (Å²) in [5, 5.41) is 4.45. The zero-order chi connectivity index (χ0) is 23.0. The van der Waals surface area contributed by atoms with Gasteiger partial charge in [0.15, 0.2) is 11.5 Å². The molecule has 4 rings (SSSR count). The molecule has 0 saturated carbocycles. The fraction of sp³-hybridized carbons (Fsp3) is 0.333. The number of hydrogen-bond donors (Lipinski definition) is 1. The van der Waals surface area contributed by atoms with Crippen LogP contribution in [0.1, 0.15) is 29.5 Å². The molecule has 6 heteroatoms. The number of rotatable bonds is 9. The van der Waals surface area contributed by atoms with Gasteiger partial charge in [-0.2, -0.15) is 0 Å². The second-order valence-electron chi connectivity index (χ2n) is 8.44. The summed E-state index contributed by atoms with van der Waals surface area (Å²) in [7, 11) is 1.68. The number of piperidine rings is 1. The first-order chi connectivity index (χ1) is 16.1. The van der Waals surface area contributed by atoms with Gasteiger partial charge >= 0.3 is 0 Å². The molecule has 0 spiro atoms. The number of nitrogens with one attached hydrogen (secondary N) is 1. The topological polar surface area (TPSA) is 33.7 Å². The predicted molar refractivity (Wildman–Crippen MR) is 138 cm³/mol. The molecule has 0 aliphatic carbocycles. The van der Waals surface area contributed by atoms with Gasteiger partial charge in [0.2, 0.25) is 0 Å². The molecule has 1 N–H and O–H groups in total. The Morgan fingerprint density at radius 3 is 2.39 bits per heavy atom. The van der Waals surface area contributed by atoms with E-state index in [2.05, 4.69) is 68.6 Å². The molecule has 1 heterocycles. The fourth-order valence-electron chi connectivity index (χ4n) is 4.15. The Balaban J connectivity index is 1.28. The molecule has 1 fully saturated rings. The summed E-state index contributed by atoms with van der Waals surface area (Å²) in [4.78, 5) is 2.54. The first-order valence-corrected chi connectivity index (χ1v) is 12.5. The van der Waals surface area contributed by atoms with E-state index in [1.807, 2.05) is 24.3 Å². The lowest BCUT2D eigenvalue weighted by Gasteiger charge is -2.32. The third kappa shape index (κ3) is 6.97. The van der Waals surface area contributed by atoms with Crippen LogP contribution in [0.15, 0.2) is 71.2 Å². The average molecular weight is 530 g/mol. The summed E-state index contributed by atoms with van der Waals surface area (Å²) >= 11 is 9.64. The van der Waals surface area contributed by atoms with Crippen molar-refractivity contribution in [2.75, 3.05) is 20.2 Å². The van der Waals surface area contributed by atoms with E-state index >= 15 is 0 Å². The van der Waals surface area contributed by atoms with Crippen molar-refractivity contribution in [3.05, 3.63) is 92.9 Å². The number of hydrogen-bond acceptors (Lipinski definition) is 4. The molecule has 3 aromatic rings. The number of benzene rings is 3. The van der Waals surface area contributed by atoms with Crippen LogP contribution in [-0.2, 0) is 19.7 Å². The summed E-state index contributed by atoms with van der Waals surface area (Å²) in [5.41, 5.74) is 3.61. The maximum absolute atomic E-state index is 6.05. The highest BCUT2D eigenvalue weighted by atomic mass is 79.9. The Hall–Kier alpha value is -2.05. The first-order valence-electron chi connectivity index (χ1n) is 11.3. The highest BCUT2D eigenvalue weighted by molar-refractivity contribution is 9.10. The van der Waals surface area contributed by atoms with Crippen molar-refractivity contribution in [2.24, 2.45) is 0 Å². The summed E-state index contributed by atoms with van der Waals surface area (Å²) in [6.45, 7) is 4.53. The highest BCUT2D eigenvalue weighted by Crippen LogP contribution is 2.37. The average Bonchev–Trinajstić information content (AvgIpc) is 2.84. The standard InChI is InChI=1S/C27H30BrClN2O2/c1-32-26-16-22(15-25(28)27(26)33-19-21-7-9-23(29)10-8-21)17-30-24-11-13-31(14-12-24)18-20-5-3-2-4-6-20/h2-10,15-16,24,30H,11-14,17-19H2,1H3. The van der Waals surface area contributed by atoms with Crippen molar-refractivity contribution in [3.8, 4) is 11.5 Å². The Morgan fingerprint density at radius 1 is 0.970 bits per heavy atom. The van der Waals surface area contributed by atoms with Gasteiger partial charge in [0, 0.05) is 24.2 Å². The number of ether oxygens (including phenoxy) is 2. The summed E-state index contributed by atoms with van der Waals surface area (Å²) in [6.07, 6.45) is 2.32. The van der Waals surface area contributed by atoms with Gasteiger partial charge in [-0.05, 0) is 82.8 Å².